The monoisotopic (exact) mass is 487 g/mol. The summed E-state index contributed by atoms with van der Waals surface area (Å²) in [5.74, 6) is 0.951. The molecule has 0 aliphatic heterocycles. The Kier molecular flexibility index (Phi) is 4.88. The summed E-state index contributed by atoms with van der Waals surface area (Å²) in [6.07, 6.45) is 6.87. The van der Waals surface area contributed by atoms with Crippen LogP contribution in [0.25, 0.3) is 33.8 Å². The summed E-state index contributed by atoms with van der Waals surface area (Å²) >= 11 is 0. The maximum Gasteiger partial charge on any atom is 0.269 e. The van der Waals surface area contributed by atoms with Gasteiger partial charge in [0, 0.05) is 30.7 Å². The van der Waals surface area contributed by atoms with Crippen molar-refractivity contribution >= 4 is 21.1 Å². The summed E-state index contributed by atoms with van der Waals surface area (Å²) in [4.78, 5) is 18.2. The second-order valence-electron chi connectivity index (χ2n) is 8.38. The summed E-state index contributed by atoms with van der Waals surface area (Å²) in [7, 11) is -0.696. The molecule has 6 rings (SSSR count). The van der Waals surface area contributed by atoms with E-state index in [1.54, 1.807) is 66.6 Å². The van der Waals surface area contributed by atoms with Gasteiger partial charge in [0.25, 0.3) is 10.0 Å². The second-order valence-corrected chi connectivity index (χ2v) is 10.2. The van der Waals surface area contributed by atoms with Crippen LogP contribution in [-0.4, -0.2) is 49.2 Å². The van der Waals surface area contributed by atoms with Crippen LogP contribution >= 0.6 is 0 Å². The van der Waals surface area contributed by atoms with E-state index in [1.165, 1.54) is 17.4 Å². The van der Waals surface area contributed by atoms with Crippen LogP contribution in [0, 0.1) is 0 Å². The molecular weight excluding hydrogens is 466 g/mol. The Hall–Kier alpha value is -4.12. The normalized spacial score (nSPS) is 13.9. The van der Waals surface area contributed by atoms with Crippen LogP contribution in [0.5, 0.6) is 5.88 Å². The van der Waals surface area contributed by atoms with E-state index in [9.17, 15) is 8.42 Å². The van der Waals surface area contributed by atoms with Gasteiger partial charge in [0.2, 0.25) is 5.88 Å². The van der Waals surface area contributed by atoms with Crippen molar-refractivity contribution in [1.82, 2.24) is 33.7 Å². The largest absolute Gasteiger partial charge is 0.480 e. The third-order valence-electron chi connectivity index (χ3n) is 5.98. The first-order chi connectivity index (χ1) is 17.0. The van der Waals surface area contributed by atoms with E-state index in [2.05, 4.69) is 20.1 Å². The summed E-state index contributed by atoms with van der Waals surface area (Å²) in [6.45, 7) is 0. The Balaban J connectivity index is 1.65. The molecule has 1 aromatic carbocycles. The van der Waals surface area contributed by atoms with Gasteiger partial charge in [0.15, 0.2) is 11.5 Å². The summed E-state index contributed by atoms with van der Waals surface area (Å²) in [6, 6.07) is 11.8. The molecule has 35 heavy (non-hydrogen) atoms. The number of rotatable bonds is 6. The molecule has 10 nitrogen and oxygen atoms in total. The highest BCUT2D eigenvalue weighted by Gasteiger charge is 2.32. The first-order valence-electron chi connectivity index (χ1n) is 11.1. The summed E-state index contributed by atoms with van der Waals surface area (Å²) in [5, 5.41) is 5.01. The number of benzene rings is 1. The number of ether oxygens (including phenoxy) is 1. The highest BCUT2D eigenvalue weighted by molar-refractivity contribution is 7.90. The molecule has 11 heteroatoms. The Labute approximate surface area is 201 Å². The van der Waals surface area contributed by atoms with Crippen LogP contribution in [0.3, 0.4) is 0 Å². The average molecular weight is 488 g/mol. The molecule has 0 atom stereocenters. The van der Waals surface area contributed by atoms with Gasteiger partial charge in [-0.1, -0.05) is 18.2 Å². The first kappa shape index (κ1) is 21.4. The van der Waals surface area contributed by atoms with Crippen molar-refractivity contribution in [1.29, 1.82) is 0 Å². The molecule has 1 aliphatic rings. The predicted molar refractivity (Wildman–Crippen MR) is 128 cm³/mol. The van der Waals surface area contributed by atoms with Crippen LogP contribution in [0.1, 0.15) is 24.5 Å². The van der Waals surface area contributed by atoms with Crippen LogP contribution < -0.4 is 4.74 Å². The Morgan fingerprint density at radius 2 is 1.86 bits per heavy atom. The van der Waals surface area contributed by atoms with Gasteiger partial charge >= 0.3 is 0 Å². The molecule has 4 aromatic heterocycles. The second kappa shape index (κ2) is 7.98. The van der Waals surface area contributed by atoms with Gasteiger partial charge in [-0.25, -0.2) is 32.3 Å². The lowest BCUT2D eigenvalue weighted by Gasteiger charge is -2.12. The van der Waals surface area contributed by atoms with E-state index in [4.69, 9.17) is 9.72 Å². The zero-order valence-electron chi connectivity index (χ0n) is 19.0. The third kappa shape index (κ3) is 3.55. The molecule has 0 amide bonds. The number of aryl methyl sites for hydroxylation is 1. The van der Waals surface area contributed by atoms with E-state index in [0.29, 0.717) is 34.0 Å². The molecule has 0 unspecified atom stereocenters. The van der Waals surface area contributed by atoms with Gasteiger partial charge in [-0.3, -0.25) is 4.68 Å². The number of hydrogen-bond acceptors (Lipinski definition) is 8. The lowest BCUT2D eigenvalue weighted by atomic mass is 10.1. The molecule has 4 heterocycles. The minimum Gasteiger partial charge on any atom is -0.480 e. The van der Waals surface area contributed by atoms with Crippen LogP contribution in [-0.2, 0) is 17.1 Å². The van der Waals surface area contributed by atoms with Crippen LogP contribution in [0.15, 0.2) is 66.1 Å². The Morgan fingerprint density at radius 1 is 1.06 bits per heavy atom. The molecule has 1 saturated carbocycles. The first-order valence-corrected chi connectivity index (χ1v) is 12.5. The van der Waals surface area contributed by atoms with Crippen molar-refractivity contribution in [2.24, 2.45) is 7.05 Å². The van der Waals surface area contributed by atoms with Crippen LogP contribution in [0.2, 0.25) is 0 Å². The highest BCUT2D eigenvalue weighted by atomic mass is 32.2. The van der Waals surface area contributed by atoms with Crippen molar-refractivity contribution < 1.29 is 13.2 Å². The number of fused-ring (bicyclic) bond motifs is 1. The van der Waals surface area contributed by atoms with E-state index in [-0.39, 0.29) is 16.5 Å². The number of methoxy groups -OCH3 is 1. The Bertz CT molecular complexity index is 1670. The lowest BCUT2D eigenvalue weighted by Crippen LogP contribution is -2.15. The van der Waals surface area contributed by atoms with Crippen molar-refractivity contribution in [3.8, 4) is 28.7 Å². The average Bonchev–Trinajstić information content (AvgIpc) is 3.52. The number of aromatic nitrogens is 7. The van der Waals surface area contributed by atoms with Gasteiger partial charge in [-0.05, 0) is 37.1 Å². The van der Waals surface area contributed by atoms with Crippen molar-refractivity contribution in [3.63, 3.8) is 0 Å². The molecule has 0 spiro atoms. The van der Waals surface area contributed by atoms with Gasteiger partial charge in [-0.2, -0.15) is 5.10 Å². The van der Waals surface area contributed by atoms with E-state index in [1.807, 2.05) is 0 Å². The molecule has 0 bridgehead atoms. The quantitative estimate of drug-likeness (QED) is 0.358. The lowest BCUT2D eigenvalue weighted by molar-refractivity contribution is 0.397. The zero-order valence-corrected chi connectivity index (χ0v) is 19.8. The minimum atomic E-state index is -4.01. The van der Waals surface area contributed by atoms with Crippen molar-refractivity contribution in [2.75, 3.05) is 7.11 Å². The summed E-state index contributed by atoms with van der Waals surface area (Å²) < 4.78 is 36.1. The van der Waals surface area contributed by atoms with E-state index in [0.717, 1.165) is 18.5 Å². The third-order valence-corrected chi connectivity index (χ3v) is 7.70. The fourth-order valence-corrected chi connectivity index (χ4v) is 5.66. The molecule has 1 aliphatic carbocycles. The standard InChI is InChI=1S/C24H21N7O3S/c1-30-11-10-18(29-30)19-12-16-13-25-22(20-21(15-8-9-15)26-14-27-24(20)34-2)28-23(16)31(19)35(32,33)17-6-4-3-5-7-17/h3-7,10-15H,8-9H2,1-2H3. The molecule has 0 radical (unpaired) electrons. The van der Waals surface area contributed by atoms with E-state index < -0.39 is 10.0 Å². The molecule has 0 N–H and O–H groups in total. The molecule has 176 valence electrons. The highest BCUT2D eigenvalue weighted by Crippen LogP contribution is 2.45. The zero-order chi connectivity index (χ0) is 24.2. The Morgan fingerprint density at radius 3 is 2.54 bits per heavy atom. The van der Waals surface area contributed by atoms with Gasteiger partial charge in [0.05, 0.1) is 23.4 Å². The maximum absolute atomic E-state index is 13.9. The van der Waals surface area contributed by atoms with E-state index >= 15 is 0 Å². The fourth-order valence-electron chi connectivity index (χ4n) is 4.17. The van der Waals surface area contributed by atoms with Gasteiger partial charge < -0.3 is 4.74 Å². The number of nitrogens with zero attached hydrogens (tertiary/aromatic N) is 7. The van der Waals surface area contributed by atoms with Crippen molar-refractivity contribution in [2.45, 2.75) is 23.7 Å². The van der Waals surface area contributed by atoms with Crippen LogP contribution in [0.4, 0.5) is 0 Å². The minimum absolute atomic E-state index is 0.147. The molecular formula is C24H21N7O3S. The smallest absolute Gasteiger partial charge is 0.269 e. The molecule has 0 saturated heterocycles. The topological polar surface area (TPSA) is 118 Å². The summed E-state index contributed by atoms with van der Waals surface area (Å²) in [5.41, 5.74) is 2.54. The molecule has 1 fully saturated rings. The van der Waals surface area contributed by atoms with Gasteiger partial charge in [0.1, 0.15) is 17.6 Å². The SMILES string of the molecule is COc1ncnc(C2CC2)c1-c1ncc2cc(-c3ccn(C)n3)n(S(=O)(=O)c3ccccc3)c2n1. The molecule has 5 aromatic rings. The maximum atomic E-state index is 13.9. The number of hydrogen-bond donors (Lipinski definition) is 0. The predicted octanol–water partition coefficient (Wildman–Crippen LogP) is 3.41. The van der Waals surface area contributed by atoms with Gasteiger partial charge in [-0.15, -0.1) is 0 Å². The van der Waals surface area contributed by atoms with Crippen molar-refractivity contribution in [3.05, 3.63) is 66.9 Å². The fraction of sp³-hybridized carbons (Fsp3) is 0.208.